The minimum Gasteiger partial charge on any atom is -0.497 e. The molecule has 1 aromatic rings. The Morgan fingerprint density at radius 3 is 2.56 bits per heavy atom. The van der Waals surface area contributed by atoms with Crippen molar-refractivity contribution < 1.29 is 9.84 Å². The van der Waals surface area contributed by atoms with E-state index in [9.17, 15) is 0 Å². The van der Waals surface area contributed by atoms with Crippen molar-refractivity contribution in [2.45, 2.75) is 13.5 Å². The van der Waals surface area contributed by atoms with Crippen molar-refractivity contribution in [3.63, 3.8) is 0 Å². The van der Waals surface area contributed by atoms with Gasteiger partial charge >= 0.3 is 0 Å². The molecule has 0 unspecified atom stereocenters. The van der Waals surface area contributed by atoms with Crippen LogP contribution in [0.2, 0.25) is 0 Å². The molecule has 0 aliphatic heterocycles. The molecule has 0 saturated carbocycles. The fourth-order valence-electron chi connectivity index (χ4n) is 1.42. The number of rotatable bonds is 6. The van der Waals surface area contributed by atoms with E-state index in [-0.39, 0.29) is 6.61 Å². The molecule has 3 N–H and O–H groups in total. The number of nitrogens with one attached hydrogen (secondary N) is 2. The molecule has 0 fully saturated rings. The van der Waals surface area contributed by atoms with Gasteiger partial charge in [-0.05, 0) is 24.6 Å². The first kappa shape index (κ1) is 14.3. The Kier molecular flexibility index (Phi) is 6.64. The number of methoxy groups -OCH3 is 1. The normalized spacial score (nSPS) is 11.2. The lowest BCUT2D eigenvalue weighted by Gasteiger charge is -2.10. The van der Waals surface area contributed by atoms with Crippen LogP contribution in [0.25, 0.3) is 0 Å². The summed E-state index contributed by atoms with van der Waals surface area (Å²) < 4.78 is 5.10. The lowest BCUT2D eigenvalue weighted by molar-refractivity contribution is 0.300. The maximum absolute atomic E-state index is 8.77. The first-order valence-corrected chi connectivity index (χ1v) is 6.06. The molecule has 0 heterocycles. The predicted octanol–water partition coefficient (Wildman–Crippen LogP) is 0.743. The van der Waals surface area contributed by atoms with Gasteiger partial charge < -0.3 is 20.5 Å². The fraction of sp³-hybridized carbons (Fsp3) is 0.462. The van der Waals surface area contributed by atoms with Crippen LogP contribution in [0.15, 0.2) is 29.3 Å². The summed E-state index contributed by atoms with van der Waals surface area (Å²) in [6.07, 6.45) is 0. The van der Waals surface area contributed by atoms with Crippen LogP contribution < -0.4 is 15.4 Å². The van der Waals surface area contributed by atoms with Crippen LogP contribution in [0.5, 0.6) is 5.75 Å². The second-order valence-corrected chi connectivity index (χ2v) is 3.69. The first-order valence-electron chi connectivity index (χ1n) is 6.06. The van der Waals surface area contributed by atoms with E-state index in [1.165, 1.54) is 0 Å². The van der Waals surface area contributed by atoms with E-state index in [1.807, 2.05) is 31.2 Å². The van der Waals surface area contributed by atoms with Gasteiger partial charge in [0.1, 0.15) is 5.75 Å². The van der Waals surface area contributed by atoms with Crippen LogP contribution >= 0.6 is 0 Å². The molecule has 0 amide bonds. The topological polar surface area (TPSA) is 65.9 Å². The average Bonchev–Trinajstić information content (AvgIpc) is 2.42. The highest BCUT2D eigenvalue weighted by atomic mass is 16.5. The van der Waals surface area contributed by atoms with Crippen molar-refractivity contribution in [1.82, 2.24) is 10.6 Å². The molecule has 5 nitrogen and oxygen atoms in total. The largest absolute Gasteiger partial charge is 0.497 e. The third kappa shape index (κ3) is 5.05. The zero-order valence-electron chi connectivity index (χ0n) is 10.9. The number of aliphatic imine (C=N–C) groups is 1. The van der Waals surface area contributed by atoms with E-state index in [4.69, 9.17) is 9.84 Å². The lowest BCUT2D eigenvalue weighted by Crippen LogP contribution is -2.38. The number of hydrogen-bond acceptors (Lipinski definition) is 3. The van der Waals surface area contributed by atoms with Gasteiger partial charge in [0.15, 0.2) is 5.96 Å². The van der Waals surface area contributed by atoms with Gasteiger partial charge in [0.25, 0.3) is 0 Å². The highest BCUT2D eigenvalue weighted by Crippen LogP contribution is 2.11. The van der Waals surface area contributed by atoms with Gasteiger partial charge in [0.2, 0.25) is 0 Å². The van der Waals surface area contributed by atoms with E-state index in [0.29, 0.717) is 19.0 Å². The standard InChI is InChI=1S/C13H21N3O2/c1-3-14-13(15-8-9-17)16-10-11-4-6-12(18-2)7-5-11/h4-7,17H,3,8-10H2,1-2H3,(H2,14,15,16). The Morgan fingerprint density at radius 2 is 2.00 bits per heavy atom. The Morgan fingerprint density at radius 1 is 1.28 bits per heavy atom. The highest BCUT2D eigenvalue weighted by molar-refractivity contribution is 5.79. The summed E-state index contributed by atoms with van der Waals surface area (Å²) in [4.78, 5) is 4.42. The Hall–Kier alpha value is -1.75. The number of nitrogens with zero attached hydrogens (tertiary/aromatic N) is 1. The van der Waals surface area contributed by atoms with Crippen molar-refractivity contribution >= 4 is 5.96 Å². The van der Waals surface area contributed by atoms with Gasteiger partial charge in [-0.25, -0.2) is 4.99 Å². The maximum atomic E-state index is 8.77. The summed E-state index contributed by atoms with van der Waals surface area (Å²) >= 11 is 0. The maximum Gasteiger partial charge on any atom is 0.191 e. The minimum atomic E-state index is 0.0902. The fourth-order valence-corrected chi connectivity index (χ4v) is 1.42. The van der Waals surface area contributed by atoms with Gasteiger partial charge in [-0.2, -0.15) is 0 Å². The third-order valence-corrected chi connectivity index (χ3v) is 2.33. The molecule has 1 rings (SSSR count). The monoisotopic (exact) mass is 251 g/mol. The van der Waals surface area contributed by atoms with Gasteiger partial charge in [-0.3, -0.25) is 0 Å². The highest BCUT2D eigenvalue weighted by Gasteiger charge is 1.97. The first-order chi connectivity index (χ1) is 8.80. The van der Waals surface area contributed by atoms with Crippen molar-refractivity contribution in [2.75, 3.05) is 26.8 Å². The van der Waals surface area contributed by atoms with Crippen molar-refractivity contribution in [2.24, 2.45) is 4.99 Å². The van der Waals surface area contributed by atoms with E-state index in [1.54, 1.807) is 7.11 Å². The van der Waals surface area contributed by atoms with Crippen molar-refractivity contribution in [3.05, 3.63) is 29.8 Å². The second kappa shape index (κ2) is 8.36. The Bertz CT molecular complexity index is 363. The number of ether oxygens (including phenoxy) is 1. The quantitative estimate of drug-likeness (QED) is 0.515. The van der Waals surface area contributed by atoms with E-state index in [2.05, 4.69) is 15.6 Å². The molecule has 1 aromatic carbocycles. The zero-order valence-corrected chi connectivity index (χ0v) is 10.9. The summed E-state index contributed by atoms with van der Waals surface area (Å²) in [5, 5.41) is 14.9. The van der Waals surface area contributed by atoms with Gasteiger partial charge in [0, 0.05) is 13.1 Å². The molecule has 18 heavy (non-hydrogen) atoms. The predicted molar refractivity (Wildman–Crippen MR) is 72.9 cm³/mol. The molecule has 0 radical (unpaired) electrons. The summed E-state index contributed by atoms with van der Waals surface area (Å²) in [6.45, 7) is 3.97. The number of aliphatic hydroxyl groups is 1. The van der Waals surface area contributed by atoms with Crippen LogP contribution in [-0.4, -0.2) is 37.9 Å². The molecule has 0 aliphatic carbocycles. The smallest absolute Gasteiger partial charge is 0.191 e. The summed E-state index contributed by atoms with van der Waals surface area (Å²) in [7, 11) is 1.65. The Balaban J connectivity index is 2.56. The lowest BCUT2D eigenvalue weighted by atomic mass is 10.2. The summed E-state index contributed by atoms with van der Waals surface area (Å²) in [6, 6.07) is 7.80. The zero-order chi connectivity index (χ0) is 13.2. The van der Waals surface area contributed by atoms with Gasteiger partial charge in [-0.1, -0.05) is 12.1 Å². The number of guanidine groups is 1. The van der Waals surface area contributed by atoms with Gasteiger partial charge in [0.05, 0.1) is 20.3 Å². The van der Waals surface area contributed by atoms with Crippen LogP contribution in [0.1, 0.15) is 12.5 Å². The van der Waals surface area contributed by atoms with Crippen molar-refractivity contribution in [1.29, 1.82) is 0 Å². The van der Waals surface area contributed by atoms with E-state index < -0.39 is 0 Å². The van der Waals surface area contributed by atoms with Crippen LogP contribution in [0.3, 0.4) is 0 Å². The number of benzene rings is 1. The molecule has 100 valence electrons. The molecule has 0 atom stereocenters. The molecule has 0 aliphatic rings. The van der Waals surface area contributed by atoms with Gasteiger partial charge in [-0.15, -0.1) is 0 Å². The van der Waals surface area contributed by atoms with E-state index >= 15 is 0 Å². The Labute approximate surface area is 108 Å². The van der Waals surface area contributed by atoms with Crippen LogP contribution in [0, 0.1) is 0 Å². The molecule has 0 saturated heterocycles. The molecule has 0 bridgehead atoms. The SMILES string of the molecule is CCNC(=NCc1ccc(OC)cc1)NCCO. The average molecular weight is 251 g/mol. The van der Waals surface area contributed by atoms with Crippen molar-refractivity contribution in [3.8, 4) is 5.75 Å². The van der Waals surface area contributed by atoms with Crippen LogP contribution in [-0.2, 0) is 6.54 Å². The second-order valence-electron chi connectivity index (χ2n) is 3.69. The molecule has 0 spiro atoms. The summed E-state index contributed by atoms with van der Waals surface area (Å²) in [5.74, 6) is 1.55. The van der Waals surface area contributed by atoms with E-state index in [0.717, 1.165) is 17.9 Å². The summed E-state index contributed by atoms with van der Waals surface area (Å²) in [5.41, 5.74) is 1.11. The molecular formula is C13H21N3O2. The third-order valence-electron chi connectivity index (χ3n) is 2.33. The molecular weight excluding hydrogens is 230 g/mol. The number of aliphatic hydroxyl groups excluding tert-OH is 1. The minimum absolute atomic E-state index is 0.0902. The van der Waals surface area contributed by atoms with Crippen LogP contribution in [0.4, 0.5) is 0 Å². The molecule has 0 aromatic heterocycles. The molecule has 5 heteroatoms. The number of hydrogen-bond donors (Lipinski definition) is 3.